The lowest BCUT2D eigenvalue weighted by molar-refractivity contribution is -0.248. The molecule has 1 unspecified atom stereocenters. The number of rotatable bonds is 1. The van der Waals surface area contributed by atoms with Crippen LogP contribution in [0.25, 0.3) is 0 Å². The first-order chi connectivity index (χ1) is 13.8. The number of aliphatic imine (C=N–C) groups is 1. The number of anilines is 1. The normalized spacial score (nSPS) is 25.2. The molecule has 1 amide bonds. The zero-order valence-electron chi connectivity index (χ0n) is 17.4. The minimum absolute atomic E-state index is 0.0186. The molecule has 0 aliphatic carbocycles. The van der Waals surface area contributed by atoms with Gasteiger partial charge in [-0.25, -0.2) is 19.5 Å². The molecule has 166 valence electrons. The van der Waals surface area contributed by atoms with Gasteiger partial charge in [0.1, 0.15) is 11.4 Å². The summed E-state index contributed by atoms with van der Waals surface area (Å²) < 4.78 is 62.5. The smallest absolute Gasteiger partial charge is 0.415 e. The van der Waals surface area contributed by atoms with Crippen LogP contribution in [-0.2, 0) is 19.7 Å². The summed E-state index contributed by atoms with van der Waals surface area (Å²) >= 11 is 0. The van der Waals surface area contributed by atoms with Gasteiger partial charge in [0.15, 0.2) is 11.1 Å². The Labute approximate surface area is 172 Å². The third-order valence-corrected chi connectivity index (χ3v) is 5.22. The van der Waals surface area contributed by atoms with Gasteiger partial charge in [-0.05, 0) is 45.9 Å². The standard InChI is InChI=1S/C20H26F3N3O4/c1-17(2,3)30-16(27)25-15-26-18(4,13-11-12(24)5-6-14(13)21)20(22,23)19(29-15)7-9-28-10-8-19/h5-6,11H,7-10,24H2,1-4H3,(H,25,26,27). The highest BCUT2D eigenvalue weighted by Crippen LogP contribution is 2.55. The van der Waals surface area contributed by atoms with Crippen molar-refractivity contribution in [3.63, 3.8) is 0 Å². The number of nitrogens with two attached hydrogens (primary N) is 1. The van der Waals surface area contributed by atoms with E-state index in [4.69, 9.17) is 19.9 Å². The highest BCUT2D eigenvalue weighted by atomic mass is 19.3. The molecule has 0 radical (unpaired) electrons. The Balaban J connectivity index is 2.11. The van der Waals surface area contributed by atoms with Crippen molar-refractivity contribution >= 4 is 17.8 Å². The zero-order chi connectivity index (χ0) is 22.4. The number of benzene rings is 1. The van der Waals surface area contributed by atoms with Gasteiger partial charge in [-0.1, -0.05) is 0 Å². The first-order valence-electron chi connectivity index (χ1n) is 9.60. The molecule has 0 bridgehead atoms. The predicted octanol–water partition coefficient (Wildman–Crippen LogP) is 3.72. The summed E-state index contributed by atoms with van der Waals surface area (Å²) in [6.45, 7) is 6.08. The quantitative estimate of drug-likeness (QED) is 0.664. The molecule has 2 heterocycles. The average Bonchev–Trinajstić information content (AvgIpc) is 2.61. The lowest BCUT2D eigenvalue weighted by Gasteiger charge is -2.51. The summed E-state index contributed by atoms with van der Waals surface area (Å²) in [5.41, 5.74) is 0.162. The number of carbonyl (C=O) groups excluding carboxylic acids is 1. The van der Waals surface area contributed by atoms with Crippen LogP contribution in [0.4, 0.5) is 23.7 Å². The summed E-state index contributed by atoms with van der Waals surface area (Å²) in [5.74, 6) is -4.53. The van der Waals surface area contributed by atoms with E-state index in [-0.39, 0.29) is 31.7 Å². The second kappa shape index (κ2) is 7.33. The van der Waals surface area contributed by atoms with Gasteiger partial charge >= 0.3 is 12.0 Å². The van der Waals surface area contributed by atoms with Crippen molar-refractivity contribution in [2.24, 2.45) is 4.99 Å². The van der Waals surface area contributed by atoms with Gasteiger partial charge in [-0.3, -0.25) is 0 Å². The monoisotopic (exact) mass is 429 g/mol. The van der Waals surface area contributed by atoms with Gasteiger partial charge in [-0.2, -0.15) is 8.78 Å². The summed E-state index contributed by atoms with van der Waals surface area (Å²) in [7, 11) is 0. The van der Waals surface area contributed by atoms with E-state index in [2.05, 4.69) is 10.3 Å². The molecule has 2 aliphatic rings. The zero-order valence-corrected chi connectivity index (χ0v) is 17.4. The van der Waals surface area contributed by atoms with Crippen molar-refractivity contribution in [1.29, 1.82) is 0 Å². The van der Waals surface area contributed by atoms with E-state index in [1.165, 1.54) is 6.07 Å². The molecule has 2 aliphatic heterocycles. The number of carbonyl (C=O) groups is 1. The second-order valence-electron chi connectivity index (χ2n) is 8.64. The van der Waals surface area contributed by atoms with Gasteiger partial charge < -0.3 is 19.9 Å². The molecule has 30 heavy (non-hydrogen) atoms. The Kier molecular flexibility index (Phi) is 5.43. The van der Waals surface area contributed by atoms with Crippen molar-refractivity contribution in [2.45, 2.75) is 63.2 Å². The van der Waals surface area contributed by atoms with Gasteiger partial charge in [0.25, 0.3) is 6.02 Å². The number of hydrogen-bond donors (Lipinski definition) is 2. The summed E-state index contributed by atoms with van der Waals surface area (Å²) in [5, 5.41) is 2.28. The lowest BCUT2D eigenvalue weighted by atomic mass is 9.72. The summed E-state index contributed by atoms with van der Waals surface area (Å²) in [6, 6.07) is 2.93. The summed E-state index contributed by atoms with van der Waals surface area (Å²) in [4.78, 5) is 16.2. The molecule has 3 N–H and O–H groups in total. The minimum Gasteiger partial charge on any atom is -0.452 e. The predicted molar refractivity (Wildman–Crippen MR) is 104 cm³/mol. The molecular formula is C20H26F3N3O4. The number of ether oxygens (including phenoxy) is 3. The third kappa shape index (κ3) is 3.80. The van der Waals surface area contributed by atoms with Crippen LogP contribution in [0.1, 0.15) is 46.1 Å². The molecule has 10 heteroatoms. The Hall–Kier alpha value is -2.49. The van der Waals surface area contributed by atoms with E-state index >= 15 is 8.78 Å². The topological polar surface area (TPSA) is 95.2 Å². The van der Waals surface area contributed by atoms with Crippen molar-refractivity contribution < 1.29 is 32.2 Å². The van der Waals surface area contributed by atoms with E-state index in [0.717, 1.165) is 19.1 Å². The minimum atomic E-state index is -3.64. The maximum Gasteiger partial charge on any atom is 0.415 e. The van der Waals surface area contributed by atoms with Crippen LogP contribution in [0.15, 0.2) is 23.2 Å². The number of amidine groups is 1. The van der Waals surface area contributed by atoms with Gasteiger partial charge in [0.2, 0.25) is 0 Å². The molecule has 1 atom stereocenters. The van der Waals surface area contributed by atoms with Gasteiger partial charge in [0.05, 0.1) is 13.2 Å². The van der Waals surface area contributed by atoms with Crippen LogP contribution in [0.3, 0.4) is 0 Å². The molecular weight excluding hydrogens is 403 g/mol. The molecule has 7 nitrogen and oxygen atoms in total. The van der Waals surface area contributed by atoms with E-state index in [1.54, 1.807) is 20.8 Å². The Bertz CT molecular complexity index is 863. The molecule has 0 aromatic heterocycles. The Morgan fingerprint density at radius 3 is 2.50 bits per heavy atom. The van der Waals surface area contributed by atoms with Crippen LogP contribution in [0.2, 0.25) is 0 Å². The van der Waals surface area contributed by atoms with Crippen molar-refractivity contribution in [3.8, 4) is 0 Å². The number of halogens is 3. The first kappa shape index (κ1) is 22.2. The maximum atomic E-state index is 15.9. The van der Waals surface area contributed by atoms with Crippen molar-refractivity contribution in [3.05, 3.63) is 29.6 Å². The molecule has 3 rings (SSSR count). The molecule has 1 fully saturated rings. The molecule has 1 saturated heterocycles. The summed E-state index contributed by atoms with van der Waals surface area (Å²) in [6.07, 6.45) is -1.27. The van der Waals surface area contributed by atoms with E-state index in [0.29, 0.717) is 0 Å². The number of amides is 1. The lowest BCUT2D eigenvalue weighted by Crippen LogP contribution is -2.67. The number of nitrogens with zero attached hydrogens (tertiary/aromatic N) is 1. The number of nitrogens with one attached hydrogen (secondary N) is 1. The largest absolute Gasteiger partial charge is 0.452 e. The van der Waals surface area contributed by atoms with Crippen LogP contribution < -0.4 is 11.1 Å². The molecule has 1 aromatic carbocycles. The van der Waals surface area contributed by atoms with Crippen LogP contribution in [-0.4, -0.2) is 42.5 Å². The molecule has 1 aromatic rings. The molecule has 1 spiro atoms. The van der Waals surface area contributed by atoms with E-state index < -0.39 is 46.2 Å². The fourth-order valence-electron chi connectivity index (χ4n) is 3.70. The fourth-order valence-corrected chi connectivity index (χ4v) is 3.70. The second-order valence-corrected chi connectivity index (χ2v) is 8.64. The van der Waals surface area contributed by atoms with Gasteiger partial charge in [-0.15, -0.1) is 0 Å². The molecule has 0 saturated carbocycles. The van der Waals surface area contributed by atoms with Crippen LogP contribution >= 0.6 is 0 Å². The number of hydrogen-bond acceptors (Lipinski definition) is 6. The van der Waals surface area contributed by atoms with Crippen LogP contribution in [0, 0.1) is 5.82 Å². The van der Waals surface area contributed by atoms with E-state index in [9.17, 15) is 9.18 Å². The van der Waals surface area contributed by atoms with E-state index in [1.807, 2.05) is 0 Å². The highest BCUT2D eigenvalue weighted by molar-refractivity contribution is 5.91. The number of nitrogen functional groups attached to an aromatic ring is 1. The fraction of sp³-hybridized carbons (Fsp3) is 0.600. The maximum absolute atomic E-state index is 15.9. The van der Waals surface area contributed by atoms with Crippen molar-refractivity contribution in [2.75, 3.05) is 18.9 Å². The van der Waals surface area contributed by atoms with Gasteiger partial charge in [0, 0.05) is 24.1 Å². The Morgan fingerprint density at radius 1 is 1.27 bits per heavy atom. The van der Waals surface area contributed by atoms with Crippen LogP contribution in [0.5, 0.6) is 0 Å². The number of alkyl carbamates (subject to hydrolysis) is 1. The van der Waals surface area contributed by atoms with Crippen molar-refractivity contribution in [1.82, 2.24) is 5.32 Å². The highest BCUT2D eigenvalue weighted by Gasteiger charge is 2.70. The first-order valence-corrected chi connectivity index (χ1v) is 9.60. The average molecular weight is 429 g/mol. The third-order valence-electron chi connectivity index (χ3n) is 5.22. The Morgan fingerprint density at radius 2 is 1.90 bits per heavy atom. The number of alkyl halides is 2. The SMILES string of the molecule is CC(C)(C)OC(=O)NC1=NC(C)(c2cc(N)ccc2F)C(F)(F)C2(CCOCC2)O1.